The van der Waals surface area contributed by atoms with Crippen LogP contribution in [0, 0.1) is 0 Å². The molecular weight excluding hydrogens is 192 g/mol. The summed E-state index contributed by atoms with van der Waals surface area (Å²) >= 11 is 0. The van der Waals surface area contributed by atoms with Crippen molar-refractivity contribution in [2.75, 3.05) is 0 Å². The van der Waals surface area contributed by atoms with Gasteiger partial charge in [0.1, 0.15) is 5.57 Å². The summed E-state index contributed by atoms with van der Waals surface area (Å²) in [6.45, 7) is 0. The SMILES string of the molecule is O=C(O)CCCC=C(C(=O)O)C(=O)O. The van der Waals surface area contributed by atoms with E-state index in [1.54, 1.807) is 0 Å². The zero-order valence-corrected chi connectivity index (χ0v) is 7.27. The number of hydrogen-bond acceptors (Lipinski definition) is 3. The molecule has 0 heterocycles. The molecule has 0 bridgehead atoms. The van der Waals surface area contributed by atoms with Gasteiger partial charge in [0.15, 0.2) is 0 Å². The van der Waals surface area contributed by atoms with Crippen molar-refractivity contribution in [1.29, 1.82) is 0 Å². The van der Waals surface area contributed by atoms with E-state index in [0.717, 1.165) is 6.08 Å². The second kappa shape index (κ2) is 5.74. The Morgan fingerprint density at radius 2 is 1.50 bits per heavy atom. The van der Waals surface area contributed by atoms with Crippen molar-refractivity contribution in [3.63, 3.8) is 0 Å². The van der Waals surface area contributed by atoms with Crippen LogP contribution in [0.5, 0.6) is 0 Å². The van der Waals surface area contributed by atoms with Crippen LogP contribution in [0.25, 0.3) is 0 Å². The molecule has 14 heavy (non-hydrogen) atoms. The quantitative estimate of drug-likeness (QED) is 0.248. The maximum absolute atomic E-state index is 10.3. The monoisotopic (exact) mass is 202 g/mol. The summed E-state index contributed by atoms with van der Waals surface area (Å²) in [6.07, 6.45) is 1.25. The lowest BCUT2D eigenvalue weighted by Gasteiger charge is -1.95. The van der Waals surface area contributed by atoms with Crippen LogP contribution in [0.1, 0.15) is 19.3 Å². The molecule has 0 aromatic carbocycles. The number of rotatable bonds is 6. The standard InChI is InChI=1S/C8H10O6/c9-6(10)4-2-1-3-5(7(11)12)8(13)14/h3H,1-2,4H2,(H,9,10)(H,11,12)(H,13,14). The smallest absolute Gasteiger partial charge is 0.342 e. The second-order valence-electron chi connectivity index (χ2n) is 2.51. The van der Waals surface area contributed by atoms with Crippen LogP contribution in [0.4, 0.5) is 0 Å². The Labute approximate surface area is 79.5 Å². The molecule has 0 rings (SSSR count). The van der Waals surface area contributed by atoms with Crippen LogP contribution >= 0.6 is 0 Å². The van der Waals surface area contributed by atoms with E-state index >= 15 is 0 Å². The Hall–Kier alpha value is -1.85. The van der Waals surface area contributed by atoms with E-state index < -0.39 is 23.5 Å². The van der Waals surface area contributed by atoms with Gasteiger partial charge < -0.3 is 15.3 Å². The maximum atomic E-state index is 10.3. The van der Waals surface area contributed by atoms with Crippen molar-refractivity contribution < 1.29 is 29.7 Å². The third kappa shape index (κ3) is 4.91. The Bertz CT molecular complexity index is 262. The van der Waals surface area contributed by atoms with Crippen molar-refractivity contribution in [1.82, 2.24) is 0 Å². The van der Waals surface area contributed by atoms with Crippen LogP contribution in [-0.2, 0) is 14.4 Å². The predicted octanol–water partition coefficient (Wildman–Crippen LogP) is 0.337. The lowest BCUT2D eigenvalue weighted by atomic mass is 10.1. The van der Waals surface area contributed by atoms with Gasteiger partial charge in [-0.05, 0) is 12.8 Å². The first-order valence-electron chi connectivity index (χ1n) is 3.83. The highest BCUT2D eigenvalue weighted by Gasteiger charge is 2.14. The largest absolute Gasteiger partial charge is 0.481 e. The Balaban J connectivity index is 4.12. The third-order valence-corrected chi connectivity index (χ3v) is 1.40. The number of allylic oxidation sites excluding steroid dienone is 1. The number of unbranched alkanes of at least 4 members (excludes halogenated alkanes) is 1. The molecule has 0 spiro atoms. The van der Waals surface area contributed by atoms with Crippen LogP contribution in [0.3, 0.4) is 0 Å². The first-order chi connectivity index (χ1) is 6.45. The van der Waals surface area contributed by atoms with Gasteiger partial charge in [-0.3, -0.25) is 4.79 Å². The molecule has 0 saturated carbocycles. The number of carboxylic acid groups (broad SMARTS) is 3. The molecular formula is C8H10O6. The second-order valence-corrected chi connectivity index (χ2v) is 2.51. The Kier molecular flexibility index (Phi) is 4.98. The molecule has 3 N–H and O–H groups in total. The maximum Gasteiger partial charge on any atom is 0.342 e. The van der Waals surface area contributed by atoms with Gasteiger partial charge in [0.2, 0.25) is 0 Å². The van der Waals surface area contributed by atoms with E-state index in [-0.39, 0.29) is 19.3 Å². The average Bonchev–Trinajstić information content (AvgIpc) is 2.01. The number of hydrogen-bond donors (Lipinski definition) is 3. The molecule has 0 aliphatic rings. The summed E-state index contributed by atoms with van der Waals surface area (Å²) in [4.78, 5) is 30.7. The van der Waals surface area contributed by atoms with Crippen LogP contribution in [-0.4, -0.2) is 33.2 Å². The summed E-state index contributed by atoms with van der Waals surface area (Å²) in [5, 5.41) is 25.0. The van der Waals surface area contributed by atoms with Crippen LogP contribution in [0.2, 0.25) is 0 Å². The van der Waals surface area contributed by atoms with Crippen molar-refractivity contribution in [2.24, 2.45) is 0 Å². The van der Waals surface area contributed by atoms with Gasteiger partial charge in [-0.25, -0.2) is 9.59 Å². The first kappa shape index (κ1) is 12.2. The molecule has 0 amide bonds. The van der Waals surface area contributed by atoms with E-state index in [9.17, 15) is 14.4 Å². The molecule has 0 fully saturated rings. The fourth-order valence-corrected chi connectivity index (χ4v) is 0.766. The van der Waals surface area contributed by atoms with Crippen molar-refractivity contribution >= 4 is 17.9 Å². The van der Waals surface area contributed by atoms with E-state index in [1.807, 2.05) is 0 Å². The number of carboxylic acids is 3. The minimum atomic E-state index is -1.52. The highest BCUT2D eigenvalue weighted by atomic mass is 16.4. The van der Waals surface area contributed by atoms with Crippen LogP contribution in [0.15, 0.2) is 11.6 Å². The zero-order chi connectivity index (χ0) is 11.1. The summed E-state index contributed by atoms with van der Waals surface area (Å²) in [5.74, 6) is -4.04. The lowest BCUT2D eigenvalue weighted by Crippen LogP contribution is -2.11. The summed E-state index contributed by atoms with van der Waals surface area (Å²) in [5.41, 5.74) is -0.726. The van der Waals surface area contributed by atoms with Crippen LogP contribution < -0.4 is 0 Å². The van der Waals surface area contributed by atoms with Gasteiger partial charge in [0, 0.05) is 6.42 Å². The fraction of sp³-hybridized carbons (Fsp3) is 0.375. The van der Waals surface area contributed by atoms with E-state index in [1.165, 1.54) is 0 Å². The number of carbonyl (C=O) groups is 3. The topological polar surface area (TPSA) is 112 Å². The molecule has 0 unspecified atom stereocenters. The van der Waals surface area contributed by atoms with E-state index in [2.05, 4.69) is 0 Å². The Morgan fingerprint density at radius 1 is 1.00 bits per heavy atom. The highest BCUT2D eigenvalue weighted by molar-refractivity contribution is 6.12. The van der Waals surface area contributed by atoms with Gasteiger partial charge in [-0.1, -0.05) is 6.08 Å². The highest BCUT2D eigenvalue weighted by Crippen LogP contribution is 2.02. The zero-order valence-electron chi connectivity index (χ0n) is 7.27. The molecule has 6 nitrogen and oxygen atoms in total. The van der Waals surface area contributed by atoms with Gasteiger partial charge in [-0.15, -0.1) is 0 Å². The molecule has 6 heteroatoms. The molecule has 0 aliphatic heterocycles. The van der Waals surface area contributed by atoms with Gasteiger partial charge in [0.05, 0.1) is 0 Å². The third-order valence-electron chi connectivity index (χ3n) is 1.40. The normalized spacial score (nSPS) is 9.14. The van der Waals surface area contributed by atoms with Gasteiger partial charge >= 0.3 is 17.9 Å². The van der Waals surface area contributed by atoms with E-state index in [4.69, 9.17) is 15.3 Å². The van der Waals surface area contributed by atoms with Gasteiger partial charge in [0.25, 0.3) is 0 Å². The van der Waals surface area contributed by atoms with E-state index in [0.29, 0.717) is 0 Å². The van der Waals surface area contributed by atoms with Crippen molar-refractivity contribution in [2.45, 2.75) is 19.3 Å². The molecule has 0 aliphatic carbocycles. The molecule has 0 aromatic heterocycles. The summed E-state index contributed by atoms with van der Waals surface area (Å²) in [6, 6.07) is 0. The minimum absolute atomic E-state index is 0.108. The summed E-state index contributed by atoms with van der Waals surface area (Å²) < 4.78 is 0. The van der Waals surface area contributed by atoms with Gasteiger partial charge in [-0.2, -0.15) is 0 Å². The molecule has 0 saturated heterocycles. The molecule has 0 atom stereocenters. The van der Waals surface area contributed by atoms with Crippen molar-refractivity contribution in [3.05, 3.63) is 11.6 Å². The molecule has 0 radical (unpaired) electrons. The first-order valence-corrected chi connectivity index (χ1v) is 3.83. The molecule has 0 aromatic rings. The minimum Gasteiger partial charge on any atom is -0.481 e. The fourth-order valence-electron chi connectivity index (χ4n) is 0.766. The lowest BCUT2D eigenvalue weighted by molar-refractivity contribution is -0.140. The average molecular weight is 202 g/mol. The predicted molar refractivity (Wildman–Crippen MR) is 44.8 cm³/mol. The number of aliphatic carboxylic acids is 3. The van der Waals surface area contributed by atoms with Crippen molar-refractivity contribution in [3.8, 4) is 0 Å². The Morgan fingerprint density at radius 3 is 1.86 bits per heavy atom. The summed E-state index contributed by atoms with van der Waals surface area (Å²) in [7, 11) is 0. The molecule has 78 valence electrons.